The van der Waals surface area contributed by atoms with E-state index < -0.39 is 0 Å². The highest BCUT2D eigenvalue weighted by Gasteiger charge is 2.32. The minimum atomic E-state index is 0.0495. The first-order valence-corrected chi connectivity index (χ1v) is 11.6. The van der Waals surface area contributed by atoms with Gasteiger partial charge >= 0.3 is 0 Å². The molecule has 1 amide bonds. The lowest BCUT2D eigenvalue weighted by atomic mass is 10.0. The van der Waals surface area contributed by atoms with Crippen LogP contribution in [0, 0.1) is 6.92 Å². The molecular formula is C21H24N4OS2. The second kappa shape index (κ2) is 7.46. The highest BCUT2D eigenvalue weighted by molar-refractivity contribution is 7.29. The van der Waals surface area contributed by atoms with Crippen LogP contribution in [-0.2, 0) is 0 Å². The number of fused-ring (bicyclic) bond motifs is 1. The van der Waals surface area contributed by atoms with Gasteiger partial charge in [0.25, 0.3) is 5.91 Å². The second-order valence-electron chi connectivity index (χ2n) is 7.75. The number of likely N-dealkylation sites (tertiary alicyclic amines) is 1. The molecule has 1 saturated heterocycles. The van der Waals surface area contributed by atoms with Crippen LogP contribution in [0.3, 0.4) is 0 Å². The summed E-state index contributed by atoms with van der Waals surface area (Å²) in [7, 11) is 0. The number of carbonyl (C=O) groups is 1. The lowest BCUT2D eigenvalue weighted by Crippen LogP contribution is -2.45. The van der Waals surface area contributed by atoms with Gasteiger partial charge in [-0.2, -0.15) is 0 Å². The Morgan fingerprint density at radius 1 is 1.14 bits per heavy atom. The Hall–Kier alpha value is -1.96. The first-order valence-electron chi connectivity index (χ1n) is 9.93. The van der Waals surface area contributed by atoms with Crippen LogP contribution in [0.2, 0.25) is 0 Å². The normalized spacial score (nSPS) is 18.5. The van der Waals surface area contributed by atoms with E-state index in [-0.39, 0.29) is 5.91 Å². The van der Waals surface area contributed by atoms with Gasteiger partial charge in [-0.3, -0.25) is 4.79 Å². The summed E-state index contributed by atoms with van der Waals surface area (Å²) < 4.78 is 1.06. The van der Waals surface area contributed by atoms with Crippen molar-refractivity contribution in [2.24, 2.45) is 0 Å². The third-order valence-electron chi connectivity index (χ3n) is 5.63. The van der Waals surface area contributed by atoms with Crippen LogP contribution < -0.4 is 10.6 Å². The Morgan fingerprint density at radius 2 is 1.93 bits per heavy atom. The lowest BCUT2D eigenvalue weighted by Gasteiger charge is -2.32. The van der Waals surface area contributed by atoms with Crippen molar-refractivity contribution in [1.29, 1.82) is 0 Å². The van der Waals surface area contributed by atoms with Crippen molar-refractivity contribution >= 4 is 48.9 Å². The molecule has 0 spiro atoms. The van der Waals surface area contributed by atoms with Crippen LogP contribution in [-0.4, -0.2) is 41.0 Å². The van der Waals surface area contributed by atoms with Gasteiger partial charge in [0, 0.05) is 30.9 Å². The number of nitrogens with one attached hydrogen (secondary N) is 2. The molecule has 1 aliphatic heterocycles. The summed E-state index contributed by atoms with van der Waals surface area (Å²) in [5, 5.41) is 7.49. The topological polar surface area (TPSA) is 57.3 Å². The van der Waals surface area contributed by atoms with Gasteiger partial charge in [-0.25, -0.2) is 4.98 Å². The molecular weight excluding hydrogens is 388 g/mol. The maximum absolute atomic E-state index is 12.7. The fraction of sp³-hybridized carbons (Fsp3) is 0.429. The van der Waals surface area contributed by atoms with Gasteiger partial charge in [0.15, 0.2) is 5.13 Å². The van der Waals surface area contributed by atoms with Crippen molar-refractivity contribution in [2.45, 2.75) is 44.7 Å². The van der Waals surface area contributed by atoms with Crippen LogP contribution in [0.4, 0.5) is 10.8 Å². The molecule has 0 radical (unpaired) electrons. The number of hydrogen-bond donors (Lipinski definition) is 2. The number of aryl methyl sites for hydroxylation is 1. The molecule has 2 aliphatic rings. The summed E-state index contributed by atoms with van der Waals surface area (Å²) in [6.07, 6.45) is 4.84. The molecule has 146 valence electrons. The van der Waals surface area contributed by atoms with E-state index in [4.69, 9.17) is 0 Å². The number of piperidine rings is 1. The van der Waals surface area contributed by atoms with Crippen molar-refractivity contribution in [3.05, 3.63) is 40.8 Å². The van der Waals surface area contributed by atoms with Crippen LogP contribution in [0.1, 0.15) is 40.9 Å². The molecule has 1 aromatic carbocycles. The molecule has 2 N–H and O–H groups in total. The largest absolute Gasteiger partial charge is 0.349 e. The molecule has 0 atom stereocenters. The van der Waals surface area contributed by atoms with Crippen molar-refractivity contribution in [1.82, 2.24) is 15.2 Å². The van der Waals surface area contributed by atoms with Gasteiger partial charge in [-0.15, -0.1) is 11.3 Å². The Balaban J connectivity index is 1.22. The summed E-state index contributed by atoms with van der Waals surface area (Å²) in [6, 6.07) is 11.3. The molecule has 5 nitrogen and oxygen atoms in total. The quantitative estimate of drug-likeness (QED) is 0.634. The Kier molecular flexibility index (Phi) is 4.82. The zero-order valence-electron chi connectivity index (χ0n) is 15.9. The monoisotopic (exact) mass is 412 g/mol. The number of amides is 1. The first-order chi connectivity index (χ1) is 13.7. The fourth-order valence-corrected chi connectivity index (χ4v) is 5.87. The fourth-order valence-electron chi connectivity index (χ4n) is 3.83. The number of para-hydroxylation sites is 1. The van der Waals surface area contributed by atoms with Gasteiger partial charge in [0.2, 0.25) is 0 Å². The molecule has 1 aliphatic carbocycles. The average Bonchev–Trinajstić information content (AvgIpc) is 3.36. The zero-order valence-corrected chi connectivity index (χ0v) is 17.5. The number of aromatic nitrogens is 1. The number of rotatable bonds is 5. The molecule has 0 unspecified atom stereocenters. The van der Waals surface area contributed by atoms with E-state index in [0.29, 0.717) is 6.04 Å². The van der Waals surface area contributed by atoms with Gasteiger partial charge in [0.1, 0.15) is 4.83 Å². The predicted molar refractivity (Wildman–Crippen MR) is 117 cm³/mol. The Morgan fingerprint density at radius 3 is 2.64 bits per heavy atom. The molecule has 2 aromatic heterocycles. The number of thiophene rings is 1. The summed E-state index contributed by atoms with van der Waals surface area (Å²) in [5.41, 5.74) is 2.26. The maximum atomic E-state index is 12.7. The maximum Gasteiger partial charge on any atom is 0.261 e. The van der Waals surface area contributed by atoms with Gasteiger partial charge in [-0.1, -0.05) is 29.5 Å². The third-order valence-corrected chi connectivity index (χ3v) is 7.70. The van der Waals surface area contributed by atoms with E-state index in [0.717, 1.165) is 57.2 Å². The molecule has 3 heterocycles. The SMILES string of the molecule is Cc1ccccc1Nc1nc2sc(C(=O)NC3CCN(C4CC4)CC3)cc2s1. The summed E-state index contributed by atoms with van der Waals surface area (Å²) in [5.74, 6) is 0.0495. The molecule has 2 fully saturated rings. The zero-order chi connectivity index (χ0) is 19.1. The standard InChI is InChI=1S/C21H24N4OS2/c1-13-4-2-3-5-16(13)23-21-24-20-18(28-21)12-17(27-20)19(26)22-14-8-10-25(11-9-14)15-6-7-15/h2-5,12,14-15H,6-11H2,1H3,(H,22,26)(H,23,24). The van der Waals surface area contributed by atoms with E-state index in [9.17, 15) is 4.79 Å². The van der Waals surface area contributed by atoms with E-state index >= 15 is 0 Å². The minimum absolute atomic E-state index is 0.0495. The second-order valence-corrected chi connectivity index (χ2v) is 9.82. The Labute approximate surface area is 172 Å². The van der Waals surface area contributed by atoms with Gasteiger partial charge in [0.05, 0.1) is 9.58 Å². The van der Waals surface area contributed by atoms with Gasteiger partial charge in [-0.05, 0) is 50.3 Å². The number of anilines is 2. The van der Waals surface area contributed by atoms with Crippen LogP contribution in [0.25, 0.3) is 9.53 Å². The number of nitrogens with zero attached hydrogens (tertiary/aromatic N) is 2. The molecule has 28 heavy (non-hydrogen) atoms. The Bertz CT molecular complexity index is 967. The van der Waals surface area contributed by atoms with Crippen molar-refractivity contribution < 1.29 is 4.79 Å². The highest BCUT2D eigenvalue weighted by atomic mass is 32.1. The third kappa shape index (κ3) is 3.79. The predicted octanol–water partition coefficient (Wildman–Crippen LogP) is 4.77. The van der Waals surface area contributed by atoms with Crippen LogP contribution >= 0.6 is 22.7 Å². The molecule has 3 aromatic rings. The smallest absolute Gasteiger partial charge is 0.261 e. The van der Waals surface area contributed by atoms with E-state index in [1.807, 2.05) is 18.2 Å². The molecule has 1 saturated carbocycles. The van der Waals surface area contributed by atoms with Crippen LogP contribution in [0.5, 0.6) is 0 Å². The van der Waals surface area contributed by atoms with Crippen LogP contribution in [0.15, 0.2) is 30.3 Å². The molecule has 7 heteroatoms. The summed E-state index contributed by atoms with van der Waals surface area (Å²) >= 11 is 3.08. The number of hydrogen-bond acceptors (Lipinski definition) is 6. The highest BCUT2D eigenvalue weighted by Crippen LogP contribution is 2.35. The molecule has 0 bridgehead atoms. The van der Waals surface area contributed by atoms with Crippen molar-refractivity contribution in [3.8, 4) is 0 Å². The van der Waals surface area contributed by atoms with E-state index in [1.165, 1.54) is 29.7 Å². The number of thiazole rings is 1. The van der Waals surface area contributed by atoms with Gasteiger partial charge < -0.3 is 15.5 Å². The molecule has 5 rings (SSSR count). The van der Waals surface area contributed by atoms with Crippen molar-refractivity contribution in [3.63, 3.8) is 0 Å². The number of carbonyl (C=O) groups excluding carboxylic acids is 1. The van der Waals surface area contributed by atoms with E-state index in [1.54, 1.807) is 11.3 Å². The first kappa shape index (κ1) is 18.1. The lowest BCUT2D eigenvalue weighted by molar-refractivity contribution is 0.0913. The average molecular weight is 413 g/mol. The summed E-state index contributed by atoms with van der Waals surface area (Å²) in [4.78, 5) is 21.6. The number of benzene rings is 1. The summed E-state index contributed by atoms with van der Waals surface area (Å²) in [6.45, 7) is 4.31. The van der Waals surface area contributed by atoms with E-state index in [2.05, 4.69) is 39.6 Å². The minimum Gasteiger partial charge on any atom is -0.349 e. The van der Waals surface area contributed by atoms with Crippen molar-refractivity contribution in [2.75, 3.05) is 18.4 Å².